The zero-order valence-corrected chi connectivity index (χ0v) is 16.8. The molecule has 29 heavy (non-hydrogen) atoms. The molecule has 1 heterocycles. The summed E-state index contributed by atoms with van der Waals surface area (Å²) in [6.45, 7) is 8.05. The van der Waals surface area contributed by atoms with Gasteiger partial charge in [-0.2, -0.15) is 0 Å². The minimum atomic E-state index is 0.210. The van der Waals surface area contributed by atoms with E-state index in [4.69, 9.17) is 0 Å². The molecule has 142 valence electrons. The van der Waals surface area contributed by atoms with E-state index in [0.717, 1.165) is 0 Å². The molecule has 0 saturated heterocycles. The molecule has 1 aliphatic heterocycles. The average Bonchev–Trinajstić information content (AvgIpc) is 3.28. The van der Waals surface area contributed by atoms with Gasteiger partial charge >= 0.3 is 0 Å². The van der Waals surface area contributed by atoms with Crippen LogP contribution in [0, 0.1) is 6.67 Å². The minimum absolute atomic E-state index is 0.210. The van der Waals surface area contributed by atoms with Crippen molar-refractivity contribution in [3.63, 3.8) is 0 Å². The van der Waals surface area contributed by atoms with Crippen molar-refractivity contribution in [2.45, 2.75) is 25.9 Å². The first-order chi connectivity index (χ1) is 14.2. The van der Waals surface area contributed by atoms with E-state index in [1.54, 1.807) is 0 Å². The molecule has 2 radical (unpaired) electrons. The van der Waals surface area contributed by atoms with Gasteiger partial charge < -0.3 is 9.80 Å². The fourth-order valence-corrected chi connectivity index (χ4v) is 4.30. The van der Waals surface area contributed by atoms with Crippen LogP contribution in [0.3, 0.4) is 0 Å². The van der Waals surface area contributed by atoms with Crippen LogP contribution in [0.4, 0.5) is 0 Å². The van der Waals surface area contributed by atoms with E-state index < -0.39 is 0 Å². The lowest BCUT2D eigenvalue weighted by Crippen LogP contribution is -2.24. The summed E-state index contributed by atoms with van der Waals surface area (Å²) < 4.78 is 0. The molecule has 4 aromatic carbocycles. The second-order valence-electron chi connectivity index (χ2n) is 7.70. The van der Waals surface area contributed by atoms with Crippen molar-refractivity contribution >= 4 is 21.5 Å². The first kappa shape index (κ1) is 17.8. The fraction of sp³-hybridized carbons (Fsp3) is 0.148. The molecule has 5 rings (SSSR count). The number of fused-ring (bicyclic) bond motifs is 2. The molecule has 0 aromatic heterocycles. The Labute approximate surface area is 172 Å². The van der Waals surface area contributed by atoms with E-state index >= 15 is 0 Å². The van der Waals surface area contributed by atoms with Crippen LogP contribution in [0.15, 0.2) is 97.3 Å². The Morgan fingerprint density at radius 2 is 0.966 bits per heavy atom. The van der Waals surface area contributed by atoms with Crippen molar-refractivity contribution in [3.05, 3.63) is 115 Å². The third-order valence-corrected chi connectivity index (χ3v) is 6.00. The predicted molar refractivity (Wildman–Crippen MR) is 121 cm³/mol. The molecular formula is C27H24N2. The second-order valence-corrected chi connectivity index (χ2v) is 7.70. The second kappa shape index (κ2) is 7.29. The Morgan fingerprint density at radius 3 is 1.45 bits per heavy atom. The highest BCUT2D eigenvalue weighted by Crippen LogP contribution is 2.36. The quantitative estimate of drug-likeness (QED) is 0.382. The summed E-state index contributed by atoms with van der Waals surface area (Å²) in [4.78, 5) is 4.37. The number of benzene rings is 4. The van der Waals surface area contributed by atoms with Gasteiger partial charge in [0.25, 0.3) is 0 Å². The van der Waals surface area contributed by atoms with Crippen LogP contribution < -0.4 is 0 Å². The van der Waals surface area contributed by atoms with Crippen molar-refractivity contribution < 1.29 is 0 Å². The van der Waals surface area contributed by atoms with Crippen LogP contribution in [-0.4, -0.2) is 9.80 Å². The molecule has 1 aliphatic rings. The molecule has 0 amide bonds. The molecule has 0 spiro atoms. The molecular weight excluding hydrogens is 352 g/mol. The van der Waals surface area contributed by atoms with E-state index in [1.807, 2.05) is 0 Å². The van der Waals surface area contributed by atoms with Gasteiger partial charge in [0.2, 0.25) is 6.67 Å². The van der Waals surface area contributed by atoms with E-state index in [9.17, 15) is 0 Å². The van der Waals surface area contributed by atoms with Gasteiger partial charge in [0.05, 0.1) is 12.1 Å². The summed E-state index contributed by atoms with van der Waals surface area (Å²) in [5, 5.41) is 5.17. The normalized spacial score (nSPS) is 15.9. The smallest absolute Gasteiger partial charge is 0.208 e. The van der Waals surface area contributed by atoms with Gasteiger partial charge in [0.1, 0.15) is 0 Å². The summed E-state index contributed by atoms with van der Waals surface area (Å²) in [6, 6.07) is 30.7. The molecule has 4 aromatic rings. The molecule has 2 heteroatoms. The third-order valence-electron chi connectivity index (χ3n) is 6.00. The van der Waals surface area contributed by atoms with Crippen LogP contribution in [-0.2, 0) is 0 Å². The molecule has 0 fully saturated rings. The lowest BCUT2D eigenvalue weighted by Gasteiger charge is -2.29. The molecule has 0 aliphatic carbocycles. The lowest BCUT2D eigenvalue weighted by atomic mass is 9.98. The van der Waals surface area contributed by atoms with Crippen molar-refractivity contribution in [1.29, 1.82) is 0 Å². The van der Waals surface area contributed by atoms with E-state index in [-0.39, 0.29) is 12.1 Å². The Bertz CT molecular complexity index is 1090. The van der Waals surface area contributed by atoms with Gasteiger partial charge in [-0.25, -0.2) is 0 Å². The zero-order valence-electron chi connectivity index (χ0n) is 16.8. The van der Waals surface area contributed by atoms with Gasteiger partial charge in [0.15, 0.2) is 0 Å². The lowest BCUT2D eigenvalue weighted by molar-refractivity contribution is 0.261. The van der Waals surface area contributed by atoms with E-state index in [1.165, 1.54) is 32.7 Å². The Balaban J connectivity index is 1.40. The SMILES string of the molecule is C[C@H](c1cccc2ccccc12)N1[C]N([C@H](C)c2cccc3ccccc23)C=C1. The molecule has 0 N–H and O–H groups in total. The number of nitrogens with zero attached hydrogens (tertiary/aromatic N) is 2. The molecule has 0 unspecified atom stereocenters. The Hall–Kier alpha value is -3.26. The van der Waals surface area contributed by atoms with Crippen molar-refractivity contribution in [2.75, 3.05) is 0 Å². The Morgan fingerprint density at radius 1 is 0.552 bits per heavy atom. The summed E-state index contributed by atoms with van der Waals surface area (Å²) in [5.41, 5.74) is 2.64. The van der Waals surface area contributed by atoms with Gasteiger partial charge in [-0.05, 0) is 46.5 Å². The molecule has 0 saturated carbocycles. The van der Waals surface area contributed by atoms with Gasteiger partial charge in [-0.1, -0.05) is 84.9 Å². The van der Waals surface area contributed by atoms with Crippen LogP contribution in [0.25, 0.3) is 21.5 Å². The van der Waals surface area contributed by atoms with Crippen LogP contribution in [0.1, 0.15) is 37.1 Å². The van der Waals surface area contributed by atoms with Crippen molar-refractivity contribution in [3.8, 4) is 0 Å². The maximum absolute atomic E-state index is 3.57. The van der Waals surface area contributed by atoms with E-state index in [2.05, 4.69) is 128 Å². The first-order valence-corrected chi connectivity index (χ1v) is 10.2. The van der Waals surface area contributed by atoms with E-state index in [0.29, 0.717) is 0 Å². The van der Waals surface area contributed by atoms with Crippen molar-refractivity contribution in [1.82, 2.24) is 9.80 Å². The zero-order chi connectivity index (χ0) is 19.8. The maximum Gasteiger partial charge on any atom is 0.208 e. The van der Waals surface area contributed by atoms with Crippen LogP contribution in [0.5, 0.6) is 0 Å². The maximum atomic E-state index is 3.57. The van der Waals surface area contributed by atoms with Gasteiger partial charge in [0, 0.05) is 12.4 Å². The summed E-state index contributed by atoms with van der Waals surface area (Å²) in [5.74, 6) is 0. The largest absolute Gasteiger partial charge is 0.339 e. The minimum Gasteiger partial charge on any atom is -0.339 e. The third kappa shape index (κ3) is 3.15. The fourth-order valence-electron chi connectivity index (χ4n) is 4.30. The first-order valence-electron chi connectivity index (χ1n) is 10.2. The predicted octanol–water partition coefficient (Wildman–Crippen LogP) is 6.90. The average molecular weight is 377 g/mol. The molecule has 2 atom stereocenters. The number of hydrogen-bond donors (Lipinski definition) is 0. The van der Waals surface area contributed by atoms with Crippen LogP contribution >= 0.6 is 0 Å². The molecule has 0 bridgehead atoms. The number of hydrogen-bond acceptors (Lipinski definition) is 2. The van der Waals surface area contributed by atoms with Gasteiger partial charge in [-0.3, -0.25) is 0 Å². The highest BCUT2D eigenvalue weighted by atomic mass is 15.4. The summed E-state index contributed by atoms with van der Waals surface area (Å²) in [7, 11) is 0. The summed E-state index contributed by atoms with van der Waals surface area (Å²) in [6.07, 6.45) is 4.27. The van der Waals surface area contributed by atoms with Crippen molar-refractivity contribution in [2.24, 2.45) is 0 Å². The highest BCUT2D eigenvalue weighted by Gasteiger charge is 2.26. The summed E-state index contributed by atoms with van der Waals surface area (Å²) >= 11 is 0. The Kier molecular flexibility index (Phi) is 4.48. The molecule has 2 nitrogen and oxygen atoms in total. The topological polar surface area (TPSA) is 6.48 Å². The number of rotatable bonds is 4. The highest BCUT2D eigenvalue weighted by molar-refractivity contribution is 5.86. The standard InChI is InChI=1S/C27H24N2/c1-20(24-15-7-11-22-9-3-5-13-26(22)24)28-17-18-29(19-28)21(2)25-16-8-12-23-10-4-6-14-27(23)25/h3-18,20-21H,1-2H3/t20-,21-/m1/s1. The monoisotopic (exact) mass is 376 g/mol. The van der Waals surface area contributed by atoms with Crippen LogP contribution in [0.2, 0.25) is 0 Å². The van der Waals surface area contributed by atoms with Gasteiger partial charge in [-0.15, -0.1) is 0 Å².